The Kier molecular flexibility index (Phi) is 6.88. The van der Waals surface area contributed by atoms with Gasteiger partial charge in [-0.15, -0.1) is 0 Å². The van der Waals surface area contributed by atoms with Crippen LogP contribution in [0, 0.1) is 0 Å². The van der Waals surface area contributed by atoms with Crippen LogP contribution in [0.3, 0.4) is 0 Å². The van der Waals surface area contributed by atoms with Crippen LogP contribution >= 0.6 is 15.9 Å². The van der Waals surface area contributed by atoms with E-state index in [1.54, 1.807) is 0 Å². The van der Waals surface area contributed by atoms with E-state index in [0.717, 1.165) is 22.3 Å². The van der Waals surface area contributed by atoms with E-state index in [9.17, 15) is 20.1 Å². The number of aromatic hydroxyl groups is 1. The van der Waals surface area contributed by atoms with Crippen molar-refractivity contribution in [2.24, 2.45) is 0 Å². The molecule has 7 nitrogen and oxygen atoms in total. The number of fused-ring (bicyclic) bond motifs is 3. The maximum atomic E-state index is 12.3. The molecule has 2 atom stereocenters. The number of hydrogen-bond donors (Lipinski definition) is 4. The molecular formula is C25H24BrNO6. The number of phenols is 1. The number of rotatable bonds is 7. The minimum atomic E-state index is -1.32. The van der Waals surface area contributed by atoms with Crippen LogP contribution in [0.5, 0.6) is 11.5 Å². The van der Waals surface area contributed by atoms with Crippen LogP contribution in [0.1, 0.15) is 28.7 Å². The molecule has 2 unspecified atom stereocenters. The molecule has 0 bridgehead atoms. The number of alkyl carbamates (subject to hydrolysis) is 1. The van der Waals surface area contributed by atoms with E-state index in [-0.39, 0.29) is 30.6 Å². The summed E-state index contributed by atoms with van der Waals surface area (Å²) >= 11 is 3.18. The van der Waals surface area contributed by atoms with Crippen molar-refractivity contribution in [3.8, 4) is 22.6 Å². The maximum Gasteiger partial charge on any atom is 0.407 e. The van der Waals surface area contributed by atoms with Crippen LogP contribution in [-0.2, 0) is 4.74 Å². The van der Waals surface area contributed by atoms with E-state index >= 15 is 0 Å². The molecule has 0 fully saturated rings. The zero-order chi connectivity index (χ0) is 23.5. The lowest BCUT2D eigenvalue weighted by atomic mass is 9.98. The van der Waals surface area contributed by atoms with Gasteiger partial charge in [0.1, 0.15) is 18.8 Å². The molecule has 1 aliphatic carbocycles. The fraction of sp³-hybridized carbons (Fsp3) is 0.240. The number of nitrogens with one attached hydrogen (secondary N) is 1. The van der Waals surface area contributed by atoms with Crippen molar-refractivity contribution in [1.82, 2.24) is 5.32 Å². The molecule has 0 saturated carbocycles. The van der Waals surface area contributed by atoms with E-state index in [0.29, 0.717) is 10.0 Å². The average Bonchev–Trinajstić information content (AvgIpc) is 3.16. The minimum absolute atomic E-state index is 0.0690. The topological polar surface area (TPSA) is 108 Å². The van der Waals surface area contributed by atoms with Crippen LogP contribution < -0.4 is 10.1 Å². The first-order chi connectivity index (χ1) is 15.9. The number of aliphatic hydroxyl groups is 2. The van der Waals surface area contributed by atoms with Gasteiger partial charge in [-0.05, 0) is 55.9 Å². The highest BCUT2D eigenvalue weighted by Gasteiger charge is 2.29. The van der Waals surface area contributed by atoms with Crippen molar-refractivity contribution in [3.05, 3.63) is 81.8 Å². The molecule has 0 saturated heterocycles. The van der Waals surface area contributed by atoms with Crippen LogP contribution in [0.2, 0.25) is 0 Å². The molecule has 0 spiro atoms. The quantitative estimate of drug-likeness (QED) is 0.378. The van der Waals surface area contributed by atoms with Crippen molar-refractivity contribution in [3.63, 3.8) is 0 Å². The molecule has 0 radical (unpaired) electrons. The number of phenolic OH excluding ortho intramolecular Hbond substituents is 1. The monoisotopic (exact) mass is 513 g/mol. The molecule has 1 aliphatic rings. The first kappa shape index (κ1) is 23.1. The third-order valence-corrected chi connectivity index (χ3v) is 6.38. The average molecular weight is 514 g/mol. The third-order valence-electron chi connectivity index (χ3n) is 5.78. The number of carbonyl (C=O) groups excluding carboxylic acids is 1. The Balaban J connectivity index is 1.35. The number of ether oxygens (including phenoxy) is 2. The van der Waals surface area contributed by atoms with Gasteiger partial charge in [-0.3, -0.25) is 0 Å². The summed E-state index contributed by atoms with van der Waals surface area (Å²) < 4.78 is 10.8. The Hall–Kier alpha value is -3.07. The Morgan fingerprint density at radius 1 is 1.06 bits per heavy atom. The number of benzene rings is 3. The first-order valence-electron chi connectivity index (χ1n) is 10.4. The molecule has 4 N–H and O–H groups in total. The van der Waals surface area contributed by atoms with E-state index < -0.39 is 18.3 Å². The second-order valence-corrected chi connectivity index (χ2v) is 8.63. The van der Waals surface area contributed by atoms with Gasteiger partial charge >= 0.3 is 6.09 Å². The molecule has 1 amide bonds. The van der Waals surface area contributed by atoms with Gasteiger partial charge < -0.3 is 30.1 Å². The molecule has 0 aromatic heterocycles. The standard InChI is InChI=1S/C25H24BrNO6/c1-32-22-11-14(10-20(26)24(22)30)23(29)21(28)12-27-25(31)33-13-19-17-8-4-2-6-15(17)16-7-3-5-9-18(16)19/h2-11,19,21,23,28-30H,12-13H2,1H3,(H,27,31). The summed E-state index contributed by atoms with van der Waals surface area (Å²) in [6.45, 7) is -0.0702. The van der Waals surface area contributed by atoms with Gasteiger partial charge in [-0.25, -0.2) is 4.79 Å². The second kappa shape index (κ2) is 9.82. The summed E-state index contributed by atoms with van der Waals surface area (Å²) in [6.07, 6.45) is -3.30. The van der Waals surface area contributed by atoms with E-state index in [1.807, 2.05) is 36.4 Å². The number of hydrogen-bond acceptors (Lipinski definition) is 6. The van der Waals surface area contributed by atoms with Crippen LogP contribution in [0.15, 0.2) is 65.1 Å². The minimum Gasteiger partial charge on any atom is -0.503 e. The third kappa shape index (κ3) is 4.68. The smallest absolute Gasteiger partial charge is 0.407 e. The second-order valence-electron chi connectivity index (χ2n) is 7.77. The lowest BCUT2D eigenvalue weighted by Gasteiger charge is -2.20. The molecular weight excluding hydrogens is 490 g/mol. The fourth-order valence-corrected chi connectivity index (χ4v) is 4.55. The number of halogens is 1. The van der Waals surface area contributed by atoms with Gasteiger partial charge in [0.05, 0.1) is 11.6 Å². The zero-order valence-corrected chi connectivity index (χ0v) is 19.5. The molecule has 33 heavy (non-hydrogen) atoms. The van der Waals surface area contributed by atoms with Gasteiger partial charge in [0.25, 0.3) is 0 Å². The number of aliphatic hydroxyl groups excluding tert-OH is 2. The van der Waals surface area contributed by atoms with Crippen molar-refractivity contribution in [2.75, 3.05) is 20.3 Å². The van der Waals surface area contributed by atoms with E-state index in [1.165, 1.54) is 19.2 Å². The zero-order valence-electron chi connectivity index (χ0n) is 17.9. The summed E-state index contributed by atoms with van der Waals surface area (Å²) in [5, 5.41) is 33.2. The summed E-state index contributed by atoms with van der Waals surface area (Å²) in [5.41, 5.74) is 4.80. The lowest BCUT2D eigenvalue weighted by Crippen LogP contribution is -2.36. The lowest BCUT2D eigenvalue weighted by molar-refractivity contribution is 0.0184. The number of methoxy groups -OCH3 is 1. The van der Waals surface area contributed by atoms with Crippen molar-refractivity contribution >= 4 is 22.0 Å². The highest BCUT2D eigenvalue weighted by Crippen LogP contribution is 2.44. The molecule has 0 aliphatic heterocycles. The summed E-state index contributed by atoms with van der Waals surface area (Å²) in [6, 6.07) is 19.0. The van der Waals surface area contributed by atoms with Crippen LogP contribution in [0.4, 0.5) is 4.79 Å². The Morgan fingerprint density at radius 3 is 2.27 bits per heavy atom. The predicted molar refractivity (Wildman–Crippen MR) is 126 cm³/mol. The number of amides is 1. The Bertz CT molecular complexity index is 1120. The largest absolute Gasteiger partial charge is 0.503 e. The van der Waals surface area contributed by atoms with Crippen LogP contribution in [-0.4, -0.2) is 47.8 Å². The predicted octanol–water partition coefficient (Wildman–Crippen LogP) is 4.10. The maximum absolute atomic E-state index is 12.3. The normalized spacial score (nSPS) is 14.2. The number of carbonyl (C=O) groups is 1. The fourth-order valence-electron chi connectivity index (χ4n) is 4.09. The van der Waals surface area contributed by atoms with Gasteiger partial charge in [-0.2, -0.15) is 0 Å². The molecule has 3 aromatic rings. The van der Waals surface area contributed by atoms with Crippen molar-refractivity contribution < 1.29 is 29.6 Å². The summed E-state index contributed by atoms with van der Waals surface area (Å²) in [5.74, 6) is -0.0321. The highest BCUT2D eigenvalue weighted by molar-refractivity contribution is 9.10. The summed E-state index contributed by atoms with van der Waals surface area (Å²) in [7, 11) is 1.38. The molecule has 172 valence electrons. The van der Waals surface area contributed by atoms with Gasteiger partial charge in [-0.1, -0.05) is 48.5 Å². The van der Waals surface area contributed by atoms with E-state index in [2.05, 4.69) is 33.4 Å². The van der Waals surface area contributed by atoms with E-state index in [4.69, 9.17) is 9.47 Å². The van der Waals surface area contributed by atoms with Crippen LogP contribution in [0.25, 0.3) is 11.1 Å². The summed E-state index contributed by atoms with van der Waals surface area (Å²) in [4.78, 5) is 12.3. The molecule has 0 heterocycles. The van der Waals surface area contributed by atoms with Crippen molar-refractivity contribution in [1.29, 1.82) is 0 Å². The molecule has 3 aromatic carbocycles. The van der Waals surface area contributed by atoms with Crippen molar-refractivity contribution in [2.45, 2.75) is 18.1 Å². The highest BCUT2D eigenvalue weighted by atomic mass is 79.9. The van der Waals surface area contributed by atoms with Gasteiger partial charge in [0.2, 0.25) is 0 Å². The first-order valence-corrected chi connectivity index (χ1v) is 11.2. The Morgan fingerprint density at radius 2 is 1.67 bits per heavy atom. The molecule has 4 rings (SSSR count). The SMILES string of the molecule is COc1cc(C(O)C(O)CNC(=O)OCC2c3ccccc3-c3ccccc32)cc(Br)c1O. The Labute approximate surface area is 199 Å². The molecule has 8 heteroatoms. The van der Waals surface area contributed by atoms with Gasteiger partial charge in [0, 0.05) is 12.5 Å². The van der Waals surface area contributed by atoms with Gasteiger partial charge in [0.15, 0.2) is 11.5 Å².